The van der Waals surface area contributed by atoms with Crippen LogP contribution >= 0.6 is 27.3 Å². The third-order valence-corrected chi connectivity index (χ3v) is 6.02. The Bertz CT molecular complexity index is 385. The molecule has 0 saturated heterocycles. The summed E-state index contributed by atoms with van der Waals surface area (Å²) in [5.41, 5.74) is 0.419. The van der Waals surface area contributed by atoms with Crippen molar-refractivity contribution in [2.75, 3.05) is 0 Å². The molecule has 1 aromatic heterocycles. The maximum Gasteiger partial charge on any atom is 0.0910 e. The van der Waals surface area contributed by atoms with Gasteiger partial charge < -0.3 is 5.11 Å². The van der Waals surface area contributed by atoms with E-state index in [1.165, 1.54) is 25.7 Å². The lowest BCUT2D eigenvalue weighted by atomic mass is 9.69. The minimum atomic E-state index is -0.262. The molecule has 1 unspecified atom stereocenters. The molecule has 102 valence electrons. The Labute approximate surface area is 123 Å². The van der Waals surface area contributed by atoms with Crippen molar-refractivity contribution in [3.8, 4) is 0 Å². The predicted octanol–water partition coefficient (Wildman–Crippen LogP) is 5.40. The van der Waals surface area contributed by atoms with Crippen LogP contribution in [0, 0.1) is 17.3 Å². The molecule has 18 heavy (non-hydrogen) atoms. The molecule has 1 atom stereocenters. The molecule has 0 amide bonds. The summed E-state index contributed by atoms with van der Waals surface area (Å²) in [5.74, 6) is 1.27. The van der Waals surface area contributed by atoms with Crippen molar-refractivity contribution in [2.45, 2.75) is 52.6 Å². The Kier molecular flexibility index (Phi) is 4.56. The molecule has 0 bridgehead atoms. The zero-order valence-electron chi connectivity index (χ0n) is 11.4. The maximum absolute atomic E-state index is 10.4. The summed E-state index contributed by atoms with van der Waals surface area (Å²) in [6, 6.07) is 4.08. The first-order valence-corrected chi connectivity index (χ1v) is 8.42. The first kappa shape index (κ1) is 14.5. The molecule has 0 aliphatic heterocycles. The Hall–Kier alpha value is 0.140. The highest BCUT2D eigenvalue weighted by Gasteiger charge is 2.33. The first-order chi connectivity index (χ1) is 8.38. The fourth-order valence-corrected chi connectivity index (χ4v) is 4.52. The molecule has 0 radical (unpaired) electrons. The molecule has 0 aromatic carbocycles. The van der Waals surface area contributed by atoms with Crippen LogP contribution in [0.2, 0.25) is 0 Å². The van der Waals surface area contributed by atoms with E-state index in [0.717, 1.165) is 14.6 Å². The molecule has 0 spiro atoms. The SMILES string of the molecule is CC(C)(C)C1CCC(C(O)c2ccc(Br)s2)CC1. The minimum absolute atomic E-state index is 0.262. The van der Waals surface area contributed by atoms with Crippen molar-refractivity contribution in [1.29, 1.82) is 0 Å². The Morgan fingerprint density at radius 2 is 1.83 bits per heavy atom. The highest BCUT2D eigenvalue weighted by atomic mass is 79.9. The van der Waals surface area contributed by atoms with E-state index in [0.29, 0.717) is 11.3 Å². The van der Waals surface area contributed by atoms with Crippen LogP contribution in [0.3, 0.4) is 0 Å². The fraction of sp³-hybridized carbons (Fsp3) is 0.733. The van der Waals surface area contributed by atoms with Gasteiger partial charge in [0.05, 0.1) is 9.89 Å². The van der Waals surface area contributed by atoms with Gasteiger partial charge in [0.25, 0.3) is 0 Å². The molecule has 1 nitrogen and oxygen atoms in total. The van der Waals surface area contributed by atoms with Crippen LogP contribution in [0.1, 0.15) is 57.4 Å². The summed E-state index contributed by atoms with van der Waals surface area (Å²) in [5, 5.41) is 10.4. The molecule has 1 N–H and O–H groups in total. The van der Waals surface area contributed by atoms with Gasteiger partial charge in [-0.05, 0) is 71.0 Å². The van der Waals surface area contributed by atoms with Gasteiger partial charge in [-0.2, -0.15) is 0 Å². The molecule has 1 fully saturated rings. The fourth-order valence-electron chi connectivity index (χ4n) is 3.02. The van der Waals surface area contributed by atoms with Crippen molar-refractivity contribution in [3.63, 3.8) is 0 Å². The monoisotopic (exact) mass is 330 g/mol. The average Bonchev–Trinajstić information content (AvgIpc) is 2.74. The largest absolute Gasteiger partial charge is 0.387 e. The van der Waals surface area contributed by atoms with E-state index in [-0.39, 0.29) is 6.10 Å². The molecular weight excluding hydrogens is 308 g/mol. The standard InChI is InChI=1S/C15H23BrOS/c1-15(2,3)11-6-4-10(5-7-11)14(17)12-8-9-13(16)18-12/h8-11,14,17H,4-7H2,1-3H3. The van der Waals surface area contributed by atoms with Crippen molar-refractivity contribution in [2.24, 2.45) is 17.3 Å². The van der Waals surface area contributed by atoms with Crippen LogP contribution in [0.15, 0.2) is 15.9 Å². The summed E-state index contributed by atoms with van der Waals surface area (Å²) in [6.07, 6.45) is 4.59. The van der Waals surface area contributed by atoms with Crippen LogP contribution in [0.25, 0.3) is 0 Å². The van der Waals surface area contributed by atoms with E-state index in [9.17, 15) is 5.11 Å². The van der Waals surface area contributed by atoms with E-state index in [1.54, 1.807) is 11.3 Å². The number of hydrogen-bond acceptors (Lipinski definition) is 2. The third kappa shape index (κ3) is 3.37. The Balaban J connectivity index is 1.94. The van der Waals surface area contributed by atoms with Gasteiger partial charge in [-0.3, -0.25) is 0 Å². The van der Waals surface area contributed by atoms with Gasteiger partial charge in [-0.25, -0.2) is 0 Å². The van der Waals surface area contributed by atoms with Crippen LogP contribution in [-0.4, -0.2) is 5.11 Å². The van der Waals surface area contributed by atoms with Gasteiger partial charge in [0, 0.05) is 4.88 Å². The smallest absolute Gasteiger partial charge is 0.0910 e. The second kappa shape index (κ2) is 5.64. The van der Waals surface area contributed by atoms with Gasteiger partial charge in [0.15, 0.2) is 0 Å². The lowest BCUT2D eigenvalue weighted by Crippen LogP contribution is -2.27. The minimum Gasteiger partial charge on any atom is -0.387 e. The van der Waals surface area contributed by atoms with E-state index < -0.39 is 0 Å². The van der Waals surface area contributed by atoms with E-state index in [2.05, 4.69) is 42.8 Å². The zero-order chi connectivity index (χ0) is 13.3. The number of rotatable bonds is 2. The number of aliphatic hydroxyl groups excluding tert-OH is 1. The Morgan fingerprint density at radius 3 is 2.28 bits per heavy atom. The summed E-state index contributed by atoms with van der Waals surface area (Å²) in [4.78, 5) is 1.11. The number of halogens is 1. The molecular formula is C15H23BrOS. The van der Waals surface area contributed by atoms with Gasteiger partial charge in [-0.15, -0.1) is 11.3 Å². The van der Waals surface area contributed by atoms with Crippen LogP contribution in [0.5, 0.6) is 0 Å². The molecule has 2 rings (SSSR count). The topological polar surface area (TPSA) is 20.2 Å². The molecule has 1 aliphatic rings. The summed E-state index contributed by atoms with van der Waals surface area (Å²) >= 11 is 5.13. The summed E-state index contributed by atoms with van der Waals surface area (Å²) < 4.78 is 1.11. The second-order valence-electron chi connectivity index (χ2n) is 6.56. The number of thiophene rings is 1. The van der Waals surface area contributed by atoms with Gasteiger partial charge in [0.2, 0.25) is 0 Å². The highest BCUT2D eigenvalue weighted by Crippen LogP contribution is 2.44. The van der Waals surface area contributed by atoms with Crippen molar-refractivity contribution in [1.82, 2.24) is 0 Å². The third-order valence-electron chi connectivity index (χ3n) is 4.33. The lowest BCUT2D eigenvalue weighted by Gasteiger charge is -2.38. The molecule has 3 heteroatoms. The summed E-state index contributed by atoms with van der Waals surface area (Å²) in [6.45, 7) is 7.01. The van der Waals surface area contributed by atoms with Crippen LogP contribution < -0.4 is 0 Å². The van der Waals surface area contributed by atoms with Gasteiger partial charge in [0.1, 0.15) is 0 Å². The Morgan fingerprint density at radius 1 is 1.22 bits per heavy atom. The number of hydrogen-bond donors (Lipinski definition) is 1. The lowest BCUT2D eigenvalue weighted by molar-refractivity contribution is 0.0550. The predicted molar refractivity (Wildman–Crippen MR) is 81.9 cm³/mol. The highest BCUT2D eigenvalue weighted by molar-refractivity contribution is 9.11. The maximum atomic E-state index is 10.4. The van der Waals surface area contributed by atoms with Crippen LogP contribution in [-0.2, 0) is 0 Å². The molecule has 1 aliphatic carbocycles. The summed E-state index contributed by atoms with van der Waals surface area (Å²) in [7, 11) is 0. The first-order valence-electron chi connectivity index (χ1n) is 6.81. The van der Waals surface area contributed by atoms with Crippen molar-refractivity contribution in [3.05, 3.63) is 20.8 Å². The normalized spacial score (nSPS) is 27.2. The second-order valence-corrected chi connectivity index (χ2v) is 9.06. The van der Waals surface area contributed by atoms with E-state index >= 15 is 0 Å². The average molecular weight is 331 g/mol. The van der Waals surface area contributed by atoms with Crippen molar-refractivity contribution < 1.29 is 5.11 Å². The number of aliphatic hydroxyl groups is 1. The molecule has 1 heterocycles. The van der Waals surface area contributed by atoms with E-state index in [1.807, 2.05) is 6.07 Å². The zero-order valence-corrected chi connectivity index (χ0v) is 13.9. The molecule has 1 aromatic rings. The van der Waals surface area contributed by atoms with Crippen LogP contribution in [0.4, 0.5) is 0 Å². The van der Waals surface area contributed by atoms with Crippen molar-refractivity contribution >= 4 is 27.3 Å². The quantitative estimate of drug-likeness (QED) is 0.769. The van der Waals surface area contributed by atoms with E-state index in [4.69, 9.17) is 0 Å². The van der Waals surface area contributed by atoms with Gasteiger partial charge >= 0.3 is 0 Å². The molecule has 1 saturated carbocycles. The van der Waals surface area contributed by atoms with Gasteiger partial charge in [-0.1, -0.05) is 20.8 Å².